The third-order valence-electron chi connectivity index (χ3n) is 4.84. The van der Waals surface area contributed by atoms with Crippen molar-refractivity contribution in [2.45, 2.75) is 6.92 Å². The Bertz CT molecular complexity index is 1630. The average molecular weight is 467 g/mol. The number of methoxy groups -OCH3 is 1. The summed E-state index contributed by atoms with van der Waals surface area (Å²) < 4.78 is 5.35. The molecule has 2 heterocycles. The zero-order valence-corrected chi connectivity index (χ0v) is 18.2. The molecule has 0 saturated carbocycles. The molecule has 1 aromatic carbocycles. The number of hydrogen-bond donors (Lipinski definition) is 2. The molecule has 2 aliphatic heterocycles. The Morgan fingerprint density at radius 1 is 1.16 bits per heavy atom. The molecule has 0 fully saturated rings. The lowest BCUT2D eigenvalue weighted by Gasteiger charge is -2.19. The molecule has 0 aromatic heterocycles. The molecule has 0 unspecified atom stereocenters. The van der Waals surface area contributed by atoms with E-state index in [0.29, 0.717) is 11.4 Å². The van der Waals surface area contributed by atoms with Gasteiger partial charge < -0.3 is 15.6 Å². The van der Waals surface area contributed by atoms with Crippen molar-refractivity contribution in [1.82, 2.24) is 0 Å². The van der Waals surface area contributed by atoms with Crippen molar-refractivity contribution in [3.8, 4) is 17.6 Å². The SMILES string of the molecule is COc1ccc(N2C(=O)C(C(C)=O)=c3c2c(O)c2s/c(=C(\C#N)C(N)=O)sc=2c3=O)cc1. The number of anilines is 2. The fraction of sp³-hybridized carbons (Fsp3) is 0.0952. The van der Waals surface area contributed by atoms with Gasteiger partial charge in [0.25, 0.3) is 11.8 Å². The monoisotopic (exact) mass is 467 g/mol. The predicted molar refractivity (Wildman–Crippen MR) is 117 cm³/mol. The lowest BCUT2D eigenvalue weighted by molar-refractivity contribution is -0.117. The summed E-state index contributed by atoms with van der Waals surface area (Å²) in [5, 5.41) is 20.1. The predicted octanol–water partition coefficient (Wildman–Crippen LogP) is 0.186. The van der Waals surface area contributed by atoms with Gasteiger partial charge in [-0.1, -0.05) is 0 Å². The fourth-order valence-electron chi connectivity index (χ4n) is 3.43. The lowest BCUT2D eigenvalue weighted by atomic mass is 10.1. The van der Waals surface area contributed by atoms with Crippen LogP contribution < -0.4 is 29.9 Å². The van der Waals surface area contributed by atoms with E-state index < -0.39 is 28.8 Å². The summed E-state index contributed by atoms with van der Waals surface area (Å²) in [6, 6.07) is 7.98. The quantitative estimate of drug-likeness (QED) is 0.556. The molecule has 0 saturated heterocycles. The van der Waals surface area contributed by atoms with Crippen LogP contribution in [0.3, 0.4) is 0 Å². The highest BCUT2D eigenvalue weighted by Gasteiger charge is 2.37. The molecule has 0 radical (unpaired) electrons. The van der Waals surface area contributed by atoms with Crippen molar-refractivity contribution in [2.24, 2.45) is 5.73 Å². The third kappa shape index (κ3) is 2.96. The van der Waals surface area contributed by atoms with Crippen LogP contribution in [0, 0.1) is 20.4 Å². The number of rotatable bonds is 4. The highest BCUT2D eigenvalue weighted by atomic mass is 32.2. The normalized spacial score (nSPS) is 13.7. The van der Waals surface area contributed by atoms with Gasteiger partial charge in [0.05, 0.1) is 27.0 Å². The van der Waals surface area contributed by atoms with Gasteiger partial charge in [-0.3, -0.25) is 24.1 Å². The van der Waals surface area contributed by atoms with Crippen molar-refractivity contribution >= 4 is 62.8 Å². The largest absolute Gasteiger partial charge is 0.504 e. The summed E-state index contributed by atoms with van der Waals surface area (Å²) in [6.07, 6.45) is 0. The van der Waals surface area contributed by atoms with Gasteiger partial charge in [0.2, 0.25) is 5.43 Å². The van der Waals surface area contributed by atoms with Gasteiger partial charge in [-0.25, -0.2) is 0 Å². The van der Waals surface area contributed by atoms with Gasteiger partial charge >= 0.3 is 0 Å². The van der Waals surface area contributed by atoms with Crippen LogP contribution in [-0.4, -0.2) is 29.8 Å². The van der Waals surface area contributed by atoms with Crippen molar-refractivity contribution < 1.29 is 24.2 Å². The summed E-state index contributed by atoms with van der Waals surface area (Å²) in [4.78, 5) is 51.5. The maximum absolute atomic E-state index is 13.3. The molecular weight excluding hydrogens is 454 g/mol. The molecule has 0 atom stereocenters. The van der Waals surface area contributed by atoms with Gasteiger partial charge in [0, 0.05) is 5.69 Å². The second-order valence-corrected chi connectivity index (χ2v) is 8.97. The van der Waals surface area contributed by atoms with Crippen LogP contribution in [0.1, 0.15) is 6.92 Å². The Hall–Kier alpha value is -4.01. The van der Waals surface area contributed by atoms with E-state index in [1.165, 1.54) is 7.11 Å². The Labute approximate surface area is 187 Å². The topological polar surface area (TPSA) is 151 Å². The summed E-state index contributed by atoms with van der Waals surface area (Å²) in [6.45, 7) is 1.16. The molecule has 1 aromatic rings. The number of hydrogen-bond acceptors (Lipinski definition) is 9. The van der Waals surface area contributed by atoms with Gasteiger partial charge in [-0.05, 0) is 31.2 Å². The van der Waals surface area contributed by atoms with Crippen LogP contribution in [0.4, 0.5) is 11.4 Å². The highest BCUT2D eigenvalue weighted by Crippen LogP contribution is 2.37. The molecule has 0 spiro atoms. The summed E-state index contributed by atoms with van der Waals surface area (Å²) >= 11 is 1.63. The van der Waals surface area contributed by atoms with E-state index in [4.69, 9.17) is 10.5 Å². The van der Waals surface area contributed by atoms with Gasteiger partial charge in [-0.15, -0.1) is 22.7 Å². The number of carbonyl (C=O) groups excluding carboxylic acids is 3. The number of nitrogens with zero attached hydrogens (tertiary/aromatic N) is 2. The molecule has 9 nitrogen and oxygen atoms in total. The number of nitriles is 1. The first kappa shape index (κ1) is 21.2. The number of Topliss-reactive ketones (excluding diaryl/α,β-unsaturated/α-hetero) is 1. The number of amides is 2. The lowest BCUT2D eigenvalue weighted by Crippen LogP contribution is -2.28. The first-order valence-electron chi connectivity index (χ1n) is 8.97. The first-order valence-corrected chi connectivity index (χ1v) is 10.6. The van der Waals surface area contributed by atoms with Crippen molar-refractivity contribution in [3.63, 3.8) is 0 Å². The molecule has 0 bridgehead atoms. The molecular formula is C21H13N3O6S2. The maximum atomic E-state index is 13.3. The Kier molecular flexibility index (Phi) is 5.04. The van der Waals surface area contributed by atoms with Gasteiger partial charge in [0.15, 0.2) is 11.5 Å². The molecule has 4 rings (SSSR count). The zero-order chi connectivity index (χ0) is 23.3. The van der Waals surface area contributed by atoms with Gasteiger partial charge in [-0.2, -0.15) is 5.26 Å². The number of fused-ring (bicyclic) bond motifs is 1. The van der Waals surface area contributed by atoms with Crippen LogP contribution in [0.15, 0.2) is 29.1 Å². The second-order valence-electron chi connectivity index (χ2n) is 6.67. The van der Waals surface area contributed by atoms with E-state index in [1.54, 1.807) is 30.3 Å². The average Bonchev–Trinajstić information content (AvgIpc) is 3.32. The van der Waals surface area contributed by atoms with E-state index in [-0.39, 0.29) is 35.0 Å². The van der Waals surface area contributed by atoms with E-state index in [2.05, 4.69) is 0 Å². The smallest absolute Gasteiger partial charge is 0.267 e. The van der Waals surface area contributed by atoms with Crippen molar-refractivity contribution in [3.05, 3.63) is 52.6 Å². The Morgan fingerprint density at radius 3 is 2.31 bits per heavy atom. The van der Waals surface area contributed by atoms with Crippen LogP contribution in [-0.2, 0) is 14.4 Å². The summed E-state index contributed by atoms with van der Waals surface area (Å²) in [7, 11) is 1.48. The minimum absolute atomic E-state index is 0.0124. The number of carbonyl (C=O) groups is 3. The number of ketones is 1. The van der Waals surface area contributed by atoms with Crippen molar-refractivity contribution in [2.75, 3.05) is 12.0 Å². The molecule has 1 aliphatic carbocycles. The van der Waals surface area contributed by atoms with Crippen LogP contribution >= 0.6 is 22.7 Å². The minimum atomic E-state index is -0.971. The Morgan fingerprint density at radius 2 is 1.78 bits per heavy atom. The van der Waals surface area contributed by atoms with E-state index in [0.717, 1.165) is 34.5 Å². The van der Waals surface area contributed by atoms with Crippen LogP contribution in [0.2, 0.25) is 0 Å². The van der Waals surface area contributed by atoms with E-state index in [1.807, 2.05) is 0 Å². The number of aromatic hydroxyl groups is 1. The standard InChI is InChI=1S/C21H13N3O6S2/c1-8(25)12-13-14(24(20(12)29)9-3-5-10(30-2)6-4-9)16(27)18-17(15(13)26)31-21(32-18)11(7-22)19(23)28/h3-6,27H,1-2H3,(H2,23,28)/b21-11+. The first-order chi connectivity index (χ1) is 15.2. The minimum Gasteiger partial charge on any atom is -0.504 e. The maximum Gasteiger partial charge on any atom is 0.267 e. The second kappa shape index (κ2) is 7.60. The number of nitrogens with two attached hydrogens (primary N) is 1. The van der Waals surface area contributed by atoms with E-state index in [9.17, 15) is 29.5 Å². The molecule has 160 valence electrons. The molecule has 2 amide bonds. The fourth-order valence-corrected chi connectivity index (χ4v) is 5.98. The van der Waals surface area contributed by atoms with Crippen LogP contribution in [0.25, 0.3) is 11.1 Å². The van der Waals surface area contributed by atoms with Gasteiger partial charge in [0.1, 0.15) is 26.9 Å². The molecule has 3 aliphatic rings. The van der Waals surface area contributed by atoms with E-state index >= 15 is 0 Å². The number of benzene rings is 1. The molecule has 32 heavy (non-hydrogen) atoms. The van der Waals surface area contributed by atoms with Crippen molar-refractivity contribution in [1.29, 1.82) is 5.26 Å². The number of primary amides is 1. The van der Waals surface area contributed by atoms with Crippen LogP contribution in [0.5, 0.6) is 11.5 Å². The Balaban J connectivity index is 2.17. The zero-order valence-electron chi connectivity index (χ0n) is 16.6. The third-order valence-corrected chi connectivity index (χ3v) is 7.44. The number of ether oxygens (including phenoxy) is 1. The molecule has 11 heteroatoms. The highest BCUT2D eigenvalue weighted by molar-refractivity contribution is 7.25. The molecule has 3 N–H and O–H groups in total. The summed E-state index contributed by atoms with van der Waals surface area (Å²) in [5.74, 6) is -2.24. The summed E-state index contributed by atoms with van der Waals surface area (Å²) in [5.41, 5.74) is 4.07.